The fraction of sp³-hybridized carbons (Fsp3) is 0.600. The summed E-state index contributed by atoms with van der Waals surface area (Å²) >= 11 is 3.52. The number of likely N-dealkylation sites (N-methyl/N-ethyl adjacent to an activating group) is 3. The predicted molar refractivity (Wildman–Crippen MR) is 84.6 cm³/mol. The Morgan fingerprint density at radius 3 is 2.85 bits per heavy atom. The number of rotatable bonds is 4. The highest BCUT2D eigenvalue weighted by Crippen LogP contribution is 2.22. The van der Waals surface area contributed by atoms with Crippen molar-refractivity contribution in [3.8, 4) is 0 Å². The lowest BCUT2D eigenvalue weighted by Crippen LogP contribution is -2.58. The monoisotopic (exact) mass is 343 g/mol. The maximum absolute atomic E-state index is 13.4. The molecule has 1 aliphatic rings. The van der Waals surface area contributed by atoms with Crippen LogP contribution in [-0.4, -0.2) is 62.7 Å². The van der Waals surface area contributed by atoms with E-state index in [0.717, 1.165) is 36.1 Å². The number of halogens is 2. The highest BCUT2D eigenvalue weighted by atomic mass is 79.9. The summed E-state index contributed by atoms with van der Waals surface area (Å²) in [5.74, 6) is -0.174. The summed E-state index contributed by atoms with van der Waals surface area (Å²) in [7, 11) is 6.31. The Hall–Kier alpha value is -0.490. The quantitative estimate of drug-likeness (QED) is 0.901. The molecule has 1 fully saturated rings. The Bertz CT molecular complexity index is 455. The maximum Gasteiger partial charge on any atom is 0.123 e. The minimum atomic E-state index is -0.174. The molecule has 2 rings (SSSR count). The highest BCUT2D eigenvalue weighted by molar-refractivity contribution is 9.10. The fourth-order valence-corrected chi connectivity index (χ4v) is 3.25. The van der Waals surface area contributed by atoms with Crippen LogP contribution in [0.5, 0.6) is 0 Å². The molecular formula is C15H23BrFN3. The summed E-state index contributed by atoms with van der Waals surface area (Å²) in [5.41, 5.74) is 1.02. The molecule has 0 aliphatic carbocycles. The SMILES string of the molecule is CNC(Cc1cc(F)ccc1Br)C1CN(C)CCN1C. The van der Waals surface area contributed by atoms with Crippen LogP contribution in [0.15, 0.2) is 22.7 Å². The second-order valence-electron chi connectivity index (χ2n) is 5.65. The summed E-state index contributed by atoms with van der Waals surface area (Å²) in [6.45, 7) is 3.21. The summed E-state index contributed by atoms with van der Waals surface area (Å²) in [6.07, 6.45) is 0.817. The molecule has 20 heavy (non-hydrogen) atoms. The molecule has 5 heteroatoms. The van der Waals surface area contributed by atoms with E-state index in [1.54, 1.807) is 12.1 Å². The summed E-state index contributed by atoms with van der Waals surface area (Å²) in [6, 6.07) is 5.65. The second kappa shape index (κ2) is 6.98. The number of hydrogen-bond donors (Lipinski definition) is 1. The van der Waals surface area contributed by atoms with Gasteiger partial charge in [0.2, 0.25) is 0 Å². The molecule has 1 saturated heterocycles. The summed E-state index contributed by atoms with van der Waals surface area (Å²) in [4.78, 5) is 4.75. The topological polar surface area (TPSA) is 18.5 Å². The number of piperazine rings is 1. The standard InChI is InChI=1S/C15H23BrFN3/c1-18-14(15-10-19(2)6-7-20(15)3)9-11-8-12(17)4-5-13(11)16/h4-5,8,14-15,18H,6-7,9-10H2,1-3H3. The average Bonchev–Trinajstić information content (AvgIpc) is 2.42. The van der Waals surface area contributed by atoms with Crippen molar-refractivity contribution >= 4 is 15.9 Å². The van der Waals surface area contributed by atoms with E-state index in [1.165, 1.54) is 6.07 Å². The molecule has 1 aromatic carbocycles. The van der Waals surface area contributed by atoms with Gasteiger partial charge >= 0.3 is 0 Å². The van der Waals surface area contributed by atoms with Crippen molar-refractivity contribution in [3.05, 3.63) is 34.1 Å². The van der Waals surface area contributed by atoms with Gasteiger partial charge in [-0.1, -0.05) is 15.9 Å². The van der Waals surface area contributed by atoms with Crippen LogP contribution < -0.4 is 5.32 Å². The molecule has 0 radical (unpaired) electrons. The average molecular weight is 344 g/mol. The molecule has 3 nitrogen and oxygen atoms in total. The summed E-state index contributed by atoms with van der Waals surface area (Å²) < 4.78 is 14.4. The van der Waals surface area contributed by atoms with Gasteiger partial charge in [0.05, 0.1) is 0 Å². The van der Waals surface area contributed by atoms with Crippen molar-refractivity contribution in [1.29, 1.82) is 0 Å². The molecule has 0 bridgehead atoms. The molecule has 0 amide bonds. The Balaban J connectivity index is 2.13. The van der Waals surface area contributed by atoms with E-state index in [-0.39, 0.29) is 5.82 Å². The van der Waals surface area contributed by atoms with Crippen LogP contribution >= 0.6 is 15.9 Å². The van der Waals surface area contributed by atoms with Crippen molar-refractivity contribution in [3.63, 3.8) is 0 Å². The molecule has 0 aromatic heterocycles. The van der Waals surface area contributed by atoms with Crippen LogP contribution in [0.1, 0.15) is 5.56 Å². The lowest BCUT2D eigenvalue weighted by atomic mass is 9.96. The number of nitrogens with zero attached hydrogens (tertiary/aromatic N) is 2. The second-order valence-corrected chi connectivity index (χ2v) is 6.50. The lowest BCUT2D eigenvalue weighted by molar-refractivity contribution is 0.0896. The molecule has 1 heterocycles. The van der Waals surface area contributed by atoms with Gasteiger partial charge in [-0.25, -0.2) is 4.39 Å². The van der Waals surface area contributed by atoms with Crippen LogP contribution in [0, 0.1) is 5.82 Å². The Kier molecular flexibility index (Phi) is 5.55. The first-order valence-electron chi connectivity index (χ1n) is 7.01. The number of benzene rings is 1. The van der Waals surface area contributed by atoms with Crippen molar-refractivity contribution in [2.75, 3.05) is 40.8 Å². The van der Waals surface area contributed by atoms with Crippen LogP contribution in [0.4, 0.5) is 4.39 Å². The minimum absolute atomic E-state index is 0.174. The number of nitrogens with one attached hydrogen (secondary N) is 1. The minimum Gasteiger partial charge on any atom is -0.315 e. The molecule has 1 N–H and O–H groups in total. The Morgan fingerprint density at radius 1 is 1.40 bits per heavy atom. The zero-order chi connectivity index (χ0) is 14.7. The van der Waals surface area contributed by atoms with Gasteiger partial charge in [-0.15, -0.1) is 0 Å². The predicted octanol–water partition coefficient (Wildman–Crippen LogP) is 1.96. The highest BCUT2D eigenvalue weighted by Gasteiger charge is 2.29. The van der Waals surface area contributed by atoms with Gasteiger partial charge in [-0.05, 0) is 51.3 Å². The largest absolute Gasteiger partial charge is 0.315 e. The first-order valence-corrected chi connectivity index (χ1v) is 7.80. The van der Waals surface area contributed by atoms with Gasteiger partial charge in [-0.2, -0.15) is 0 Å². The van der Waals surface area contributed by atoms with Crippen molar-refractivity contribution < 1.29 is 4.39 Å². The molecule has 2 unspecified atom stereocenters. The molecule has 1 aromatic rings. The van der Waals surface area contributed by atoms with Crippen LogP contribution in [0.3, 0.4) is 0 Å². The Morgan fingerprint density at radius 2 is 2.15 bits per heavy atom. The van der Waals surface area contributed by atoms with Gasteiger partial charge < -0.3 is 10.2 Å². The maximum atomic E-state index is 13.4. The zero-order valence-electron chi connectivity index (χ0n) is 12.4. The normalized spacial score (nSPS) is 22.9. The molecule has 112 valence electrons. The van der Waals surface area contributed by atoms with E-state index in [0.29, 0.717) is 12.1 Å². The Labute approximate surface area is 129 Å². The smallest absolute Gasteiger partial charge is 0.123 e. The van der Waals surface area contributed by atoms with E-state index in [4.69, 9.17) is 0 Å². The molecular weight excluding hydrogens is 321 g/mol. The first-order chi connectivity index (χ1) is 9.51. The molecule has 1 aliphatic heterocycles. The van der Waals surface area contributed by atoms with Gasteiger partial charge in [0, 0.05) is 36.2 Å². The van der Waals surface area contributed by atoms with E-state index in [9.17, 15) is 4.39 Å². The van der Waals surface area contributed by atoms with Gasteiger partial charge in [0.15, 0.2) is 0 Å². The lowest BCUT2D eigenvalue weighted by Gasteiger charge is -2.42. The van der Waals surface area contributed by atoms with Crippen molar-refractivity contribution in [1.82, 2.24) is 15.1 Å². The van der Waals surface area contributed by atoms with Gasteiger partial charge in [0.1, 0.15) is 5.82 Å². The van der Waals surface area contributed by atoms with Crippen LogP contribution in [-0.2, 0) is 6.42 Å². The van der Waals surface area contributed by atoms with Crippen molar-refractivity contribution in [2.45, 2.75) is 18.5 Å². The summed E-state index contributed by atoms with van der Waals surface area (Å²) in [5, 5.41) is 3.41. The van der Waals surface area contributed by atoms with E-state index in [1.807, 2.05) is 7.05 Å². The van der Waals surface area contributed by atoms with Gasteiger partial charge in [-0.3, -0.25) is 4.90 Å². The fourth-order valence-electron chi connectivity index (χ4n) is 2.85. The third kappa shape index (κ3) is 3.79. The van der Waals surface area contributed by atoms with Crippen LogP contribution in [0.2, 0.25) is 0 Å². The van der Waals surface area contributed by atoms with Gasteiger partial charge in [0.25, 0.3) is 0 Å². The van der Waals surface area contributed by atoms with E-state index >= 15 is 0 Å². The number of hydrogen-bond acceptors (Lipinski definition) is 3. The third-order valence-electron chi connectivity index (χ3n) is 4.18. The molecule has 2 atom stereocenters. The zero-order valence-corrected chi connectivity index (χ0v) is 14.0. The third-order valence-corrected chi connectivity index (χ3v) is 4.96. The first kappa shape index (κ1) is 15.9. The van der Waals surface area contributed by atoms with E-state index < -0.39 is 0 Å². The van der Waals surface area contributed by atoms with Crippen LogP contribution in [0.25, 0.3) is 0 Å². The molecule has 0 spiro atoms. The van der Waals surface area contributed by atoms with E-state index in [2.05, 4.69) is 45.1 Å². The molecule has 0 saturated carbocycles. The van der Waals surface area contributed by atoms with Crippen molar-refractivity contribution in [2.24, 2.45) is 0 Å².